The molecule has 1 amide bonds. The van der Waals surface area contributed by atoms with Gasteiger partial charge in [-0.15, -0.1) is 0 Å². The summed E-state index contributed by atoms with van der Waals surface area (Å²) in [6.07, 6.45) is 5.00. The summed E-state index contributed by atoms with van der Waals surface area (Å²) in [6, 6.07) is -0.784. The summed E-state index contributed by atoms with van der Waals surface area (Å²) in [6.45, 7) is 6.49. The first-order chi connectivity index (χ1) is 10.1. The van der Waals surface area contributed by atoms with E-state index in [1.165, 1.54) is 32.8 Å². The molecule has 6 heteroatoms. The van der Waals surface area contributed by atoms with Gasteiger partial charge in [0.15, 0.2) is 0 Å². The van der Waals surface area contributed by atoms with Crippen LogP contribution in [0.4, 0.5) is 0 Å². The van der Waals surface area contributed by atoms with Gasteiger partial charge in [-0.3, -0.25) is 14.5 Å². The van der Waals surface area contributed by atoms with Crippen LogP contribution in [0.25, 0.3) is 0 Å². The molecule has 1 aliphatic heterocycles. The summed E-state index contributed by atoms with van der Waals surface area (Å²) >= 11 is 0. The average Bonchev–Trinajstić information content (AvgIpc) is 2.51. The van der Waals surface area contributed by atoms with E-state index in [2.05, 4.69) is 16.6 Å². The molecular formula is C15H29N3O3. The molecule has 1 saturated heterocycles. The predicted molar refractivity (Wildman–Crippen MR) is 81.8 cm³/mol. The second-order valence-corrected chi connectivity index (χ2v) is 5.61. The quantitative estimate of drug-likeness (QED) is 0.525. The van der Waals surface area contributed by atoms with Gasteiger partial charge in [-0.25, -0.2) is 0 Å². The Labute approximate surface area is 127 Å². The lowest BCUT2D eigenvalue weighted by molar-refractivity contribution is -0.145. The largest absolute Gasteiger partial charge is 0.469 e. The molecule has 21 heavy (non-hydrogen) atoms. The van der Waals surface area contributed by atoms with Crippen LogP contribution >= 0.6 is 0 Å². The molecule has 0 spiro atoms. The number of esters is 1. The molecule has 1 unspecified atom stereocenters. The molecule has 0 bridgehead atoms. The zero-order chi connectivity index (χ0) is 15.7. The van der Waals surface area contributed by atoms with Crippen molar-refractivity contribution < 1.29 is 14.3 Å². The number of hydrogen-bond acceptors (Lipinski definition) is 5. The van der Waals surface area contributed by atoms with Gasteiger partial charge in [-0.2, -0.15) is 0 Å². The van der Waals surface area contributed by atoms with Gasteiger partial charge in [0.1, 0.15) is 0 Å². The number of hydrogen-bond donors (Lipinski definition) is 1. The van der Waals surface area contributed by atoms with Gasteiger partial charge in [0.2, 0.25) is 5.91 Å². The Morgan fingerprint density at radius 2 is 1.81 bits per heavy atom. The van der Waals surface area contributed by atoms with Crippen molar-refractivity contribution in [2.24, 2.45) is 5.73 Å². The fraction of sp³-hybridized carbons (Fsp3) is 0.867. The second-order valence-electron chi connectivity index (χ2n) is 5.61. The topological polar surface area (TPSA) is 75.9 Å². The van der Waals surface area contributed by atoms with Crippen molar-refractivity contribution >= 4 is 11.9 Å². The van der Waals surface area contributed by atoms with Crippen LogP contribution in [-0.2, 0) is 14.3 Å². The number of unbranched alkanes of at least 4 members (excludes halogenated alkanes) is 3. The molecular weight excluding hydrogens is 270 g/mol. The maximum absolute atomic E-state index is 12.1. The van der Waals surface area contributed by atoms with E-state index in [1.54, 1.807) is 4.90 Å². The van der Waals surface area contributed by atoms with Gasteiger partial charge >= 0.3 is 5.97 Å². The number of amides is 1. The summed E-state index contributed by atoms with van der Waals surface area (Å²) in [5, 5.41) is 0. The van der Waals surface area contributed by atoms with Crippen LogP contribution < -0.4 is 5.73 Å². The standard InChI is InChI=1S/C15H29N3O3/c1-3-4-5-6-7-17-8-10-18(11-9-17)15(20)13(16)12-14(19)21-2/h13H,3-12,16H2,1-2H3. The molecule has 0 aromatic carbocycles. The second kappa shape index (κ2) is 9.73. The summed E-state index contributed by atoms with van der Waals surface area (Å²) < 4.78 is 4.54. The summed E-state index contributed by atoms with van der Waals surface area (Å²) in [7, 11) is 1.30. The first-order valence-electron chi connectivity index (χ1n) is 7.92. The van der Waals surface area contributed by atoms with Crippen LogP contribution in [0.1, 0.15) is 39.0 Å². The number of carbonyl (C=O) groups excluding carboxylic acids is 2. The molecule has 0 saturated carbocycles. The summed E-state index contributed by atoms with van der Waals surface area (Å²) in [5.74, 6) is -0.587. The van der Waals surface area contributed by atoms with E-state index in [9.17, 15) is 9.59 Å². The maximum Gasteiger partial charge on any atom is 0.307 e. The van der Waals surface area contributed by atoms with E-state index >= 15 is 0 Å². The smallest absolute Gasteiger partial charge is 0.307 e. The number of nitrogens with zero attached hydrogens (tertiary/aromatic N) is 2. The van der Waals surface area contributed by atoms with Gasteiger partial charge in [0.05, 0.1) is 19.6 Å². The van der Waals surface area contributed by atoms with Crippen molar-refractivity contribution in [3.8, 4) is 0 Å². The Morgan fingerprint density at radius 1 is 1.14 bits per heavy atom. The summed E-state index contributed by atoms with van der Waals surface area (Å²) in [5.41, 5.74) is 5.77. The number of methoxy groups -OCH3 is 1. The van der Waals surface area contributed by atoms with Crippen molar-refractivity contribution in [1.29, 1.82) is 0 Å². The fourth-order valence-corrected chi connectivity index (χ4v) is 2.54. The highest BCUT2D eigenvalue weighted by molar-refractivity contribution is 5.86. The number of nitrogens with two attached hydrogens (primary N) is 1. The van der Waals surface area contributed by atoms with Crippen molar-refractivity contribution in [3.05, 3.63) is 0 Å². The minimum absolute atomic E-state index is 0.0490. The van der Waals surface area contributed by atoms with Crippen LogP contribution in [0.5, 0.6) is 0 Å². The van der Waals surface area contributed by atoms with Gasteiger partial charge < -0.3 is 15.4 Å². The van der Waals surface area contributed by atoms with E-state index in [-0.39, 0.29) is 12.3 Å². The van der Waals surface area contributed by atoms with Crippen molar-refractivity contribution in [1.82, 2.24) is 9.80 Å². The number of ether oxygens (including phenoxy) is 1. The third-order valence-corrected chi connectivity index (χ3v) is 3.94. The molecule has 0 aromatic rings. The van der Waals surface area contributed by atoms with Gasteiger partial charge in [-0.1, -0.05) is 26.2 Å². The van der Waals surface area contributed by atoms with Crippen LogP contribution in [0.15, 0.2) is 0 Å². The highest BCUT2D eigenvalue weighted by Gasteiger charge is 2.26. The molecule has 1 fully saturated rings. The van der Waals surface area contributed by atoms with Crippen LogP contribution in [0, 0.1) is 0 Å². The first-order valence-corrected chi connectivity index (χ1v) is 7.92. The van der Waals surface area contributed by atoms with Gasteiger partial charge in [0.25, 0.3) is 0 Å². The van der Waals surface area contributed by atoms with E-state index in [0.717, 1.165) is 19.6 Å². The molecule has 1 rings (SSSR count). The lowest BCUT2D eigenvalue weighted by atomic mass is 10.1. The van der Waals surface area contributed by atoms with Gasteiger partial charge in [0, 0.05) is 26.2 Å². The Hall–Kier alpha value is -1.14. The molecule has 6 nitrogen and oxygen atoms in total. The van der Waals surface area contributed by atoms with E-state index in [0.29, 0.717) is 13.1 Å². The molecule has 2 N–H and O–H groups in total. The van der Waals surface area contributed by atoms with Gasteiger partial charge in [-0.05, 0) is 13.0 Å². The highest BCUT2D eigenvalue weighted by Crippen LogP contribution is 2.08. The minimum atomic E-state index is -0.784. The summed E-state index contributed by atoms with van der Waals surface area (Å²) in [4.78, 5) is 27.4. The first kappa shape index (κ1) is 17.9. The van der Waals surface area contributed by atoms with E-state index < -0.39 is 12.0 Å². The minimum Gasteiger partial charge on any atom is -0.469 e. The SMILES string of the molecule is CCCCCCN1CCN(C(=O)C(N)CC(=O)OC)CC1. The molecule has 1 aliphatic rings. The molecule has 0 aromatic heterocycles. The zero-order valence-electron chi connectivity index (χ0n) is 13.3. The molecule has 1 atom stereocenters. The third-order valence-electron chi connectivity index (χ3n) is 3.94. The van der Waals surface area contributed by atoms with Crippen LogP contribution in [-0.4, -0.2) is 67.6 Å². The molecule has 122 valence electrons. The lowest BCUT2D eigenvalue weighted by Gasteiger charge is -2.35. The fourth-order valence-electron chi connectivity index (χ4n) is 2.54. The number of rotatable bonds is 8. The Kier molecular flexibility index (Phi) is 8.30. The van der Waals surface area contributed by atoms with Crippen LogP contribution in [0.3, 0.4) is 0 Å². The predicted octanol–water partition coefficient (Wildman–Crippen LogP) is 0.601. The monoisotopic (exact) mass is 299 g/mol. The maximum atomic E-state index is 12.1. The third kappa shape index (κ3) is 6.44. The highest BCUT2D eigenvalue weighted by atomic mass is 16.5. The van der Waals surface area contributed by atoms with Crippen molar-refractivity contribution in [2.45, 2.75) is 45.1 Å². The average molecular weight is 299 g/mol. The Morgan fingerprint density at radius 3 is 2.38 bits per heavy atom. The molecule has 0 radical (unpaired) electrons. The normalized spacial score (nSPS) is 17.6. The number of carbonyl (C=O) groups is 2. The Balaban J connectivity index is 2.25. The van der Waals surface area contributed by atoms with Crippen LogP contribution in [0.2, 0.25) is 0 Å². The Bertz CT molecular complexity index is 328. The molecule has 0 aliphatic carbocycles. The van der Waals surface area contributed by atoms with E-state index in [1.807, 2.05) is 0 Å². The molecule has 1 heterocycles. The van der Waals surface area contributed by atoms with Crippen molar-refractivity contribution in [2.75, 3.05) is 39.8 Å². The number of piperazine rings is 1. The van der Waals surface area contributed by atoms with E-state index in [4.69, 9.17) is 5.73 Å². The van der Waals surface area contributed by atoms with Crippen molar-refractivity contribution in [3.63, 3.8) is 0 Å². The lowest BCUT2D eigenvalue weighted by Crippen LogP contribution is -2.53. The zero-order valence-corrected chi connectivity index (χ0v) is 13.3.